The topological polar surface area (TPSA) is 129 Å². The molecule has 2 atom stereocenters. The van der Waals surface area contributed by atoms with E-state index in [2.05, 4.69) is 20.9 Å². The van der Waals surface area contributed by atoms with Crippen LogP contribution in [0.25, 0.3) is 10.9 Å². The lowest BCUT2D eigenvalue weighted by Gasteiger charge is -2.25. The highest BCUT2D eigenvalue weighted by molar-refractivity contribution is 5.96. The molecule has 1 aromatic heterocycles. The van der Waals surface area contributed by atoms with Crippen LogP contribution in [0.4, 0.5) is 5.69 Å². The molecular weight excluding hydrogens is 444 g/mol. The zero-order valence-corrected chi connectivity index (χ0v) is 19.4. The molecule has 3 amide bonds. The smallest absolute Gasteiger partial charge is 0.244 e. The van der Waals surface area contributed by atoms with E-state index in [1.807, 2.05) is 60.7 Å². The Bertz CT molecular complexity index is 1190. The lowest BCUT2D eigenvalue weighted by molar-refractivity contribution is -0.136. The highest BCUT2D eigenvalue weighted by Gasteiger charge is 2.33. The number of rotatable bonds is 9. The normalized spacial score (nSPS) is 17.2. The Balaban J connectivity index is 1.42. The Hall–Kier alpha value is -3.82. The van der Waals surface area contributed by atoms with Gasteiger partial charge in [0.2, 0.25) is 17.7 Å². The predicted octanol–water partition coefficient (Wildman–Crippen LogP) is 1.05. The highest BCUT2D eigenvalue weighted by atomic mass is 16.2. The van der Waals surface area contributed by atoms with Crippen LogP contribution in [0.2, 0.25) is 0 Å². The zero-order chi connectivity index (χ0) is 24.6. The van der Waals surface area contributed by atoms with Crippen LogP contribution in [0.1, 0.15) is 12.0 Å². The van der Waals surface area contributed by atoms with Gasteiger partial charge in [0, 0.05) is 24.5 Å². The molecule has 0 radical (unpaired) electrons. The third-order valence-corrected chi connectivity index (χ3v) is 6.01. The van der Waals surface area contributed by atoms with Gasteiger partial charge >= 0.3 is 0 Å². The van der Waals surface area contributed by atoms with Crippen LogP contribution in [-0.4, -0.2) is 65.9 Å². The number of amides is 3. The van der Waals surface area contributed by atoms with Gasteiger partial charge in [0.15, 0.2) is 0 Å². The molecule has 3 aromatic rings. The van der Waals surface area contributed by atoms with Crippen LogP contribution in [0.5, 0.6) is 0 Å². The molecule has 2 aromatic carbocycles. The maximum absolute atomic E-state index is 13.4. The number of nitrogens with zero attached hydrogens (tertiary/aromatic N) is 2. The van der Waals surface area contributed by atoms with Gasteiger partial charge < -0.3 is 26.6 Å². The van der Waals surface area contributed by atoms with E-state index in [-0.39, 0.29) is 36.9 Å². The zero-order valence-electron chi connectivity index (χ0n) is 19.4. The number of hydrogen-bond acceptors (Lipinski definition) is 6. The number of aromatic nitrogens is 1. The first-order valence-corrected chi connectivity index (χ1v) is 11.7. The van der Waals surface area contributed by atoms with Crippen LogP contribution in [-0.2, 0) is 20.8 Å². The number of nitrogens with two attached hydrogens (primary N) is 1. The van der Waals surface area contributed by atoms with Gasteiger partial charge in [0.05, 0.1) is 36.5 Å². The van der Waals surface area contributed by atoms with Gasteiger partial charge in [0.25, 0.3) is 0 Å². The fraction of sp³-hybridized carbons (Fsp3) is 0.308. The molecule has 0 bridgehead atoms. The summed E-state index contributed by atoms with van der Waals surface area (Å²) in [5.41, 5.74) is 7.88. The van der Waals surface area contributed by atoms with Gasteiger partial charge in [0.1, 0.15) is 0 Å². The highest BCUT2D eigenvalue weighted by Crippen LogP contribution is 2.16. The van der Waals surface area contributed by atoms with Crippen molar-refractivity contribution in [3.63, 3.8) is 0 Å². The fourth-order valence-corrected chi connectivity index (χ4v) is 4.23. The maximum Gasteiger partial charge on any atom is 0.244 e. The molecule has 1 saturated heterocycles. The molecule has 4 rings (SSSR count). The standard InChI is InChI=1S/C26H30N6O3/c27-14-24(33)30-21-13-23(29-16-21)26(35)32(11-10-18-6-2-1-3-7-18)17-25(34)31-20-12-19-8-4-5-9-22(19)28-15-20/h1-9,12,15,21,23,29H,10-11,13-14,16-17,27H2,(H,30,33)(H,31,34). The van der Waals surface area contributed by atoms with Gasteiger partial charge in [-0.3, -0.25) is 19.4 Å². The number of carbonyl (C=O) groups excluding carboxylic acids is 3. The Kier molecular flexibility index (Phi) is 8.02. The van der Waals surface area contributed by atoms with E-state index in [1.54, 1.807) is 11.1 Å². The minimum Gasteiger partial charge on any atom is -0.351 e. The Morgan fingerprint density at radius 2 is 1.83 bits per heavy atom. The van der Waals surface area contributed by atoms with Crippen molar-refractivity contribution < 1.29 is 14.4 Å². The Morgan fingerprint density at radius 1 is 1.06 bits per heavy atom. The number of fused-ring (bicyclic) bond motifs is 1. The van der Waals surface area contributed by atoms with Gasteiger partial charge in [-0.25, -0.2) is 0 Å². The third-order valence-electron chi connectivity index (χ3n) is 6.01. The van der Waals surface area contributed by atoms with Crippen molar-refractivity contribution in [1.29, 1.82) is 0 Å². The van der Waals surface area contributed by atoms with Crippen LogP contribution in [0, 0.1) is 0 Å². The molecule has 5 N–H and O–H groups in total. The molecule has 0 aliphatic carbocycles. The molecule has 182 valence electrons. The summed E-state index contributed by atoms with van der Waals surface area (Å²) in [5, 5.41) is 9.77. The van der Waals surface area contributed by atoms with Crippen LogP contribution < -0.4 is 21.7 Å². The van der Waals surface area contributed by atoms with Crippen molar-refractivity contribution in [1.82, 2.24) is 20.5 Å². The third kappa shape index (κ3) is 6.62. The molecule has 1 fully saturated rings. The largest absolute Gasteiger partial charge is 0.351 e. The molecule has 0 spiro atoms. The summed E-state index contributed by atoms with van der Waals surface area (Å²) in [6.07, 6.45) is 2.68. The number of anilines is 1. The van der Waals surface area contributed by atoms with Crippen molar-refractivity contribution in [2.24, 2.45) is 5.73 Å². The van der Waals surface area contributed by atoms with Gasteiger partial charge in [-0.05, 0) is 30.5 Å². The molecule has 9 heteroatoms. The van der Waals surface area contributed by atoms with E-state index < -0.39 is 6.04 Å². The maximum atomic E-state index is 13.4. The number of nitrogens with one attached hydrogen (secondary N) is 3. The van der Waals surface area contributed by atoms with E-state index in [4.69, 9.17) is 5.73 Å². The summed E-state index contributed by atoms with van der Waals surface area (Å²) < 4.78 is 0. The van der Waals surface area contributed by atoms with Crippen LogP contribution >= 0.6 is 0 Å². The summed E-state index contributed by atoms with van der Waals surface area (Å²) in [6, 6.07) is 18.7. The number of benzene rings is 2. The SMILES string of the molecule is NCC(=O)NC1CNC(C(=O)N(CCc2ccccc2)CC(=O)Nc2cnc3ccccc3c2)C1. The van der Waals surface area contributed by atoms with Crippen LogP contribution in [0.3, 0.4) is 0 Å². The molecule has 0 saturated carbocycles. The van der Waals surface area contributed by atoms with E-state index in [9.17, 15) is 14.4 Å². The first-order chi connectivity index (χ1) is 17.0. The number of carbonyl (C=O) groups is 3. The van der Waals surface area contributed by atoms with Crippen molar-refractivity contribution in [3.05, 3.63) is 72.4 Å². The number of hydrogen-bond donors (Lipinski definition) is 4. The van der Waals surface area contributed by atoms with Gasteiger partial charge in [-0.1, -0.05) is 48.5 Å². The van der Waals surface area contributed by atoms with E-state index in [1.165, 1.54) is 0 Å². The van der Waals surface area contributed by atoms with Gasteiger partial charge in [-0.15, -0.1) is 0 Å². The molecule has 2 unspecified atom stereocenters. The lowest BCUT2D eigenvalue weighted by atomic mass is 10.1. The second-order valence-electron chi connectivity index (χ2n) is 8.63. The Labute approximate surface area is 204 Å². The van der Waals surface area contributed by atoms with Crippen molar-refractivity contribution in [2.45, 2.75) is 24.9 Å². The number of para-hydroxylation sites is 1. The number of pyridine rings is 1. The van der Waals surface area contributed by atoms with Crippen molar-refractivity contribution >= 4 is 34.3 Å². The van der Waals surface area contributed by atoms with E-state index in [0.717, 1.165) is 16.5 Å². The average Bonchev–Trinajstić information content (AvgIpc) is 3.35. The summed E-state index contributed by atoms with van der Waals surface area (Å²) in [4.78, 5) is 43.8. The predicted molar refractivity (Wildman–Crippen MR) is 134 cm³/mol. The minimum absolute atomic E-state index is 0.0868. The van der Waals surface area contributed by atoms with Crippen LogP contribution in [0.15, 0.2) is 66.9 Å². The van der Waals surface area contributed by atoms with Crippen molar-refractivity contribution in [3.8, 4) is 0 Å². The lowest BCUT2D eigenvalue weighted by Crippen LogP contribution is -2.47. The summed E-state index contributed by atoms with van der Waals surface area (Å²) >= 11 is 0. The molecule has 2 heterocycles. The van der Waals surface area contributed by atoms with Crippen molar-refractivity contribution in [2.75, 3.05) is 31.5 Å². The van der Waals surface area contributed by atoms with Gasteiger partial charge in [-0.2, -0.15) is 0 Å². The fourth-order valence-electron chi connectivity index (χ4n) is 4.23. The molecule has 35 heavy (non-hydrogen) atoms. The minimum atomic E-state index is -0.482. The molecule has 1 aliphatic heterocycles. The average molecular weight is 475 g/mol. The quantitative estimate of drug-likeness (QED) is 0.367. The Morgan fingerprint density at radius 3 is 2.63 bits per heavy atom. The summed E-state index contributed by atoms with van der Waals surface area (Å²) in [6.45, 7) is 0.687. The van der Waals surface area contributed by atoms with E-state index in [0.29, 0.717) is 31.6 Å². The molecular formula is C26H30N6O3. The summed E-state index contributed by atoms with van der Waals surface area (Å²) in [5.74, 6) is -0.721. The molecule has 1 aliphatic rings. The molecule has 9 nitrogen and oxygen atoms in total. The first-order valence-electron chi connectivity index (χ1n) is 11.7. The second kappa shape index (κ2) is 11.5. The summed E-state index contributed by atoms with van der Waals surface area (Å²) in [7, 11) is 0. The first kappa shape index (κ1) is 24.3. The van der Waals surface area contributed by atoms with E-state index >= 15 is 0 Å². The monoisotopic (exact) mass is 474 g/mol. The second-order valence-corrected chi connectivity index (χ2v) is 8.63.